The largest absolute Gasteiger partial charge is 0.444 e. The summed E-state index contributed by atoms with van der Waals surface area (Å²) in [6.45, 7) is 4.91. The number of carbonyl (C=O) groups is 1. The fourth-order valence-electron chi connectivity index (χ4n) is 1.69. The average Bonchev–Trinajstić information content (AvgIpc) is 2.32. The summed E-state index contributed by atoms with van der Waals surface area (Å²) in [5.74, 6) is 0. The van der Waals surface area contributed by atoms with Crippen molar-refractivity contribution in [2.24, 2.45) is 0 Å². The Hall–Kier alpha value is -1.21. The molecule has 8 heteroatoms. The zero-order chi connectivity index (χ0) is 17.1. The van der Waals surface area contributed by atoms with Crippen molar-refractivity contribution in [3.05, 3.63) is 27.7 Å². The molecule has 0 radical (unpaired) electrons. The molecule has 22 heavy (non-hydrogen) atoms. The zero-order valence-corrected chi connectivity index (χ0v) is 14.1. The van der Waals surface area contributed by atoms with Crippen LogP contribution in [-0.2, 0) is 4.74 Å². The molecule has 124 valence electrons. The highest BCUT2D eigenvalue weighted by molar-refractivity contribution is 6.36. The van der Waals surface area contributed by atoms with E-state index in [4.69, 9.17) is 33.7 Å². The number of nitrogen functional groups attached to an aromatic ring is 1. The van der Waals surface area contributed by atoms with Gasteiger partial charge in [-0.15, -0.1) is 0 Å². The third kappa shape index (κ3) is 5.53. The van der Waals surface area contributed by atoms with E-state index in [9.17, 15) is 15.0 Å². The Morgan fingerprint density at radius 1 is 1.32 bits per heavy atom. The maximum Gasteiger partial charge on any atom is 0.407 e. The van der Waals surface area contributed by atoms with E-state index >= 15 is 0 Å². The van der Waals surface area contributed by atoms with Gasteiger partial charge in [-0.2, -0.15) is 0 Å². The van der Waals surface area contributed by atoms with Gasteiger partial charge in [-0.1, -0.05) is 23.2 Å². The molecule has 1 rings (SSSR count). The summed E-state index contributed by atoms with van der Waals surface area (Å²) in [5, 5.41) is 22.7. The summed E-state index contributed by atoms with van der Waals surface area (Å²) < 4.78 is 5.03. The molecule has 0 aliphatic carbocycles. The number of aliphatic hydroxyl groups excluding tert-OH is 2. The molecule has 0 saturated carbocycles. The molecule has 0 bridgehead atoms. The van der Waals surface area contributed by atoms with Gasteiger partial charge in [-0.25, -0.2) is 4.79 Å². The fourth-order valence-corrected chi connectivity index (χ4v) is 2.42. The Morgan fingerprint density at radius 3 is 2.27 bits per heavy atom. The molecule has 0 aromatic heterocycles. The fraction of sp³-hybridized carbons (Fsp3) is 0.500. The van der Waals surface area contributed by atoms with Crippen LogP contribution in [0.4, 0.5) is 10.5 Å². The van der Waals surface area contributed by atoms with Crippen molar-refractivity contribution < 1.29 is 19.7 Å². The Balaban J connectivity index is 2.70. The Morgan fingerprint density at radius 2 is 1.82 bits per heavy atom. The number of hydrogen-bond donors (Lipinski definition) is 4. The van der Waals surface area contributed by atoms with E-state index in [1.807, 2.05) is 0 Å². The molecular formula is C14H20Cl2N2O4. The Labute approximate surface area is 139 Å². The summed E-state index contributed by atoms with van der Waals surface area (Å²) in [6, 6.07) is 2.83. The topological polar surface area (TPSA) is 105 Å². The monoisotopic (exact) mass is 350 g/mol. The van der Waals surface area contributed by atoms with Gasteiger partial charge in [0.1, 0.15) is 17.8 Å². The van der Waals surface area contributed by atoms with Gasteiger partial charge in [0, 0.05) is 27.8 Å². The van der Waals surface area contributed by atoms with E-state index in [1.54, 1.807) is 20.8 Å². The molecule has 0 fully saturated rings. The number of amides is 1. The highest BCUT2D eigenvalue weighted by Gasteiger charge is 2.25. The third-order valence-corrected chi connectivity index (χ3v) is 3.24. The van der Waals surface area contributed by atoms with Crippen LogP contribution in [0, 0.1) is 0 Å². The smallest absolute Gasteiger partial charge is 0.407 e. The number of anilines is 1. The maximum atomic E-state index is 11.5. The summed E-state index contributed by atoms with van der Waals surface area (Å²) in [4.78, 5) is 11.5. The van der Waals surface area contributed by atoms with Gasteiger partial charge in [-0.3, -0.25) is 0 Å². The SMILES string of the molecule is CC(C)(C)OC(=O)NCC(O)C(O)c1c(Cl)cc(N)cc1Cl. The molecule has 0 spiro atoms. The van der Waals surface area contributed by atoms with Crippen molar-refractivity contribution in [3.8, 4) is 0 Å². The molecule has 6 nitrogen and oxygen atoms in total. The van der Waals surface area contributed by atoms with E-state index in [2.05, 4.69) is 5.32 Å². The number of carbonyl (C=O) groups excluding carboxylic acids is 1. The van der Waals surface area contributed by atoms with E-state index in [1.165, 1.54) is 12.1 Å². The van der Waals surface area contributed by atoms with Crippen LogP contribution < -0.4 is 11.1 Å². The third-order valence-electron chi connectivity index (χ3n) is 2.62. The van der Waals surface area contributed by atoms with Gasteiger partial charge in [-0.05, 0) is 32.9 Å². The number of halogens is 2. The second-order valence-electron chi connectivity index (χ2n) is 5.79. The molecule has 2 atom stereocenters. The van der Waals surface area contributed by atoms with Crippen LogP contribution in [0.3, 0.4) is 0 Å². The summed E-state index contributed by atoms with van der Waals surface area (Å²) in [5.41, 5.74) is 5.41. The number of hydrogen-bond acceptors (Lipinski definition) is 5. The standard InChI is InChI=1S/C14H20Cl2N2O4/c1-14(2,3)22-13(21)18-6-10(19)12(20)11-8(15)4-7(17)5-9(11)16/h4-5,10,12,19-20H,6,17H2,1-3H3,(H,18,21). The minimum absolute atomic E-state index is 0.133. The average molecular weight is 351 g/mol. The first-order valence-electron chi connectivity index (χ1n) is 6.58. The van der Waals surface area contributed by atoms with E-state index < -0.39 is 23.9 Å². The Kier molecular flexibility index (Phi) is 6.31. The first kappa shape index (κ1) is 18.8. The normalized spacial score (nSPS) is 14.3. The molecule has 0 saturated heterocycles. The van der Waals surface area contributed by atoms with E-state index in [0.717, 1.165) is 0 Å². The molecule has 2 unspecified atom stereocenters. The van der Waals surface area contributed by atoms with Gasteiger partial charge >= 0.3 is 6.09 Å². The number of nitrogens with one attached hydrogen (secondary N) is 1. The van der Waals surface area contributed by atoms with Gasteiger partial charge in [0.15, 0.2) is 0 Å². The highest BCUT2D eigenvalue weighted by atomic mass is 35.5. The second kappa shape index (κ2) is 7.37. The van der Waals surface area contributed by atoms with Crippen LogP contribution >= 0.6 is 23.2 Å². The molecule has 5 N–H and O–H groups in total. The van der Waals surface area contributed by atoms with Crippen LogP contribution in [-0.4, -0.2) is 34.6 Å². The van der Waals surface area contributed by atoms with Crippen molar-refractivity contribution in [1.29, 1.82) is 0 Å². The molecule has 1 amide bonds. The summed E-state index contributed by atoms with van der Waals surface area (Å²) in [6.07, 6.45) is -3.39. The minimum atomic E-state index is -1.38. The van der Waals surface area contributed by atoms with Crippen LogP contribution in [0.5, 0.6) is 0 Å². The number of aliphatic hydroxyl groups is 2. The van der Waals surface area contributed by atoms with Crippen LogP contribution in [0.1, 0.15) is 32.4 Å². The van der Waals surface area contributed by atoms with Gasteiger partial charge in [0.2, 0.25) is 0 Å². The predicted octanol–water partition coefficient (Wildman–Crippen LogP) is 2.49. The number of benzene rings is 1. The quantitative estimate of drug-likeness (QED) is 0.624. The molecule has 1 aromatic carbocycles. The second-order valence-corrected chi connectivity index (χ2v) is 6.61. The maximum absolute atomic E-state index is 11.5. The molecule has 0 heterocycles. The number of rotatable bonds is 4. The highest BCUT2D eigenvalue weighted by Crippen LogP contribution is 2.34. The van der Waals surface area contributed by atoms with Crippen LogP contribution in [0.2, 0.25) is 10.0 Å². The number of alkyl carbamates (subject to hydrolysis) is 1. The lowest BCUT2D eigenvalue weighted by Crippen LogP contribution is -2.39. The van der Waals surface area contributed by atoms with E-state index in [-0.39, 0.29) is 22.2 Å². The lowest BCUT2D eigenvalue weighted by Gasteiger charge is -2.23. The first-order valence-corrected chi connectivity index (χ1v) is 7.34. The first-order chi connectivity index (χ1) is 10.0. The minimum Gasteiger partial charge on any atom is -0.444 e. The van der Waals surface area contributed by atoms with Crippen molar-refractivity contribution in [2.45, 2.75) is 38.6 Å². The van der Waals surface area contributed by atoms with Crippen LogP contribution in [0.15, 0.2) is 12.1 Å². The van der Waals surface area contributed by atoms with Gasteiger partial charge in [0.05, 0.1) is 0 Å². The van der Waals surface area contributed by atoms with E-state index in [0.29, 0.717) is 5.69 Å². The zero-order valence-electron chi connectivity index (χ0n) is 12.6. The molecule has 0 aliphatic heterocycles. The number of nitrogens with two attached hydrogens (primary N) is 1. The van der Waals surface area contributed by atoms with Crippen molar-refractivity contribution in [2.75, 3.05) is 12.3 Å². The van der Waals surface area contributed by atoms with Crippen molar-refractivity contribution in [3.63, 3.8) is 0 Å². The predicted molar refractivity (Wildman–Crippen MR) is 86.1 cm³/mol. The van der Waals surface area contributed by atoms with Gasteiger partial charge in [0.25, 0.3) is 0 Å². The lowest BCUT2D eigenvalue weighted by atomic mass is 10.0. The molecule has 1 aromatic rings. The van der Waals surface area contributed by atoms with Crippen molar-refractivity contribution in [1.82, 2.24) is 5.32 Å². The van der Waals surface area contributed by atoms with Gasteiger partial charge < -0.3 is 26.0 Å². The summed E-state index contributed by atoms with van der Waals surface area (Å²) in [7, 11) is 0. The molecule has 0 aliphatic rings. The molecular weight excluding hydrogens is 331 g/mol. The Bertz CT molecular complexity index is 523. The lowest BCUT2D eigenvalue weighted by molar-refractivity contribution is 0.0130. The summed E-state index contributed by atoms with van der Waals surface area (Å²) >= 11 is 12.0. The number of ether oxygens (including phenoxy) is 1. The van der Waals surface area contributed by atoms with Crippen molar-refractivity contribution >= 4 is 35.0 Å². The van der Waals surface area contributed by atoms with Crippen LogP contribution in [0.25, 0.3) is 0 Å².